The van der Waals surface area contributed by atoms with Crippen LogP contribution in [0.1, 0.15) is 13.3 Å². The first kappa shape index (κ1) is 17.5. The molecule has 1 unspecified atom stereocenters. The summed E-state index contributed by atoms with van der Waals surface area (Å²) in [4.78, 5) is 13.4. The lowest BCUT2D eigenvalue weighted by Crippen LogP contribution is -2.24. The van der Waals surface area contributed by atoms with Crippen LogP contribution in [0.4, 0.5) is 5.69 Å². The van der Waals surface area contributed by atoms with Crippen molar-refractivity contribution in [1.29, 1.82) is 0 Å². The van der Waals surface area contributed by atoms with Crippen molar-refractivity contribution in [2.24, 2.45) is 0 Å². The molecule has 2 aromatic rings. The van der Waals surface area contributed by atoms with Gasteiger partial charge in [0.05, 0.1) is 5.25 Å². The standard InChI is InChI=1S/C16H14Cl3NOS/c1-2-15(22-14-5-3-10(17)4-6-14)16(21)20-13-8-11(18)7-12(19)9-13/h3-9,15H,2H2,1H3,(H,20,21). The fraction of sp³-hybridized carbons (Fsp3) is 0.188. The van der Waals surface area contributed by atoms with Crippen LogP contribution in [0, 0.1) is 0 Å². The maximum Gasteiger partial charge on any atom is 0.237 e. The average molecular weight is 375 g/mol. The number of carbonyl (C=O) groups excluding carboxylic acids is 1. The molecule has 0 bridgehead atoms. The van der Waals surface area contributed by atoms with Gasteiger partial charge in [0.1, 0.15) is 0 Å². The first-order chi connectivity index (χ1) is 10.5. The van der Waals surface area contributed by atoms with Crippen LogP contribution >= 0.6 is 46.6 Å². The lowest BCUT2D eigenvalue weighted by molar-refractivity contribution is -0.115. The van der Waals surface area contributed by atoms with Crippen LogP contribution in [-0.4, -0.2) is 11.2 Å². The van der Waals surface area contributed by atoms with E-state index < -0.39 is 0 Å². The lowest BCUT2D eigenvalue weighted by atomic mass is 10.2. The molecule has 0 heterocycles. The Morgan fingerprint density at radius 3 is 2.18 bits per heavy atom. The second-order valence-electron chi connectivity index (χ2n) is 4.62. The Morgan fingerprint density at radius 1 is 1.05 bits per heavy atom. The molecule has 1 atom stereocenters. The predicted octanol–water partition coefficient (Wildman–Crippen LogP) is 6.16. The highest BCUT2D eigenvalue weighted by atomic mass is 35.5. The van der Waals surface area contributed by atoms with Gasteiger partial charge in [0.25, 0.3) is 0 Å². The Kier molecular flexibility index (Phi) is 6.45. The monoisotopic (exact) mass is 373 g/mol. The van der Waals surface area contributed by atoms with Crippen molar-refractivity contribution in [3.8, 4) is 0 Å². The van der Waals surface area contributed by atoms with Gasteiger partial charge in [0, 0.05) is 25.7 Å². The third kappa shape index (κ3) is 5.10. The molecule has 0 spiro atoms. The maximum atomic E-state index is 12.4. The molecule has 2 rings (SSSR count). The second kappa shape index (κ2) is 8.11. The molecule has 0 radical (unpaired) electrons. The van der Waals surface area contributed by atoms with E-state index in [0.717, 1.165) is 4.90 Å². The normalized spacial score (nSPS) is 12.0. The molecule has 6 heteroatoms. The molecular weight excluding hydrogens is 361 g/mol. The van der Waals surface area contributed by atoms with E-state index >= 15 is 0 Å². The van der Waals surface area contributed by atoms with Gasteiger partial charge < -0.3 is 5.32 Å². The van der Waals surface area contributed by atoms with Crippen LogP contribution in [0.5, 0.6) is 0 Å². The Hall–Kier alpha value is -0.870. The summed E-state index contributed by atoms with van der Waals surface area (Å²) in [5.74, 6) is -0.0826. The minimum absolute atomic E-state index is 0.0826. The summed E-state index contributed by atoms with van der Waals surface area (Å²) >= 11 is 19.2. The molecule has 2 aromatic carbocycles. The zero-order valence-corrected chi connectivity index (χ0v) is 14.9. The minimum atomic E-state index is -0.209. The van der Waals surface area contributed by atoms with Crippen LogP contribution < -0.4 is 5.32 Å². The number of hydrogen-bond donors (Lipinski definition) is 1. The lowest BCUT2D eigenvalue weighted by Gasteiger charge is -2.15. The van der Waals surface area contributed by atoms with Gasteiger partial charge in [-0.1, -0.05) is 41.7 Å². The van der Waals surface area contributed by atoms with Gasteiger partial charge in [-0.25, -0.2) is 0 Å². The van der Waals surface area contributed by atoms with Gasteiger partial charge in [-0.3, -0.25) is 4.79 Å². The molecule has 0 fully saturated rings. The summed E-state index contributed by atoms with van der Waals surface area (Å²) in [5.41, 5.74) is 0.595. The van der Waals surface area contributed by atoms with Gasteiger partial charge >= 0.3 is 0 Å². The van der Waals surface area contributed by atoms with Crippen molar-refractivity contribution in [2.45, 2.75) is 23.5 Å². The first-order valence-corrected chi connectivity index (χ1v) is 8.68. The van der Waals surface area contributed by atoms with E-state index in [9.17, 15) is 4.79 Å². The first-order valence-electron chi connectivity index (χ1n) is 6.67. The van der Waals surface area contributed by atoms with Gasteiger partial charge in [-0.05, 0) is 48.9 Å². The van der Waals surface area contributed by atoms with Crippen molar-refractivity contribution in [2.75, 3.05) is 5.32 Å². The topological polar surface area (TPSA) is 29.1 Å². The number of thioether (sulfide) groups is 1. The third-order valence-corrected chi connectivity index (χ3v) is 4.95. The molecule has 0 aromatic heterocycles. The number of halogens is 3. The van der Waals surface area contributed by atoms with Gasteiger partial charge in [-0.15, -0.1) is 11.8 Å². The number of nitrogens with one attached hydrogen (secondary N) is 1. The quantitative estimate of drug-likeness (QED) is 0.635. The smallest absolute Gasteiger partial charge is 0.237 e. The Labute approximate surface area is 149 Å². The summed E-state index contributed by atoms with van der Waals surface area (Å²) < 4.78 is 0. The Bertz CT molecular complexity index is 641. The maximum absolute atomic E-state index is 12.4. The van der Waals surface area contributed by atoms with E-state index in [1.165, 1.54) is 11.8 Å². The highest BCUT2D eigenvalue weighted by Crippen LogP contribution is 2.28. The number of benzene rings is 2. The molecule has 22 heavy (non-hydrogen) atoms. The zero-order valence-electron chi connectivity index (χ0n) is 11.8. The molecule has 0 aliphatic rings. The summed E-state index contributed by atoms with van der Waals surface area (Å²) in [6, 6.07) is 12.4. The zero-order chi connectivity index (χ0) is 16.1. The van der Waals surface area contributed by atoms with E-state index in [2.05, 4.69) is 5.32 Å². The molecule has 1 N–H and O–H groups in total. The van der Waals surface area contributed by atoms with Crippen LogP contribution in [0.15, 0.2) is 47.4 Å². The molecule has 2 nitrogen and oxygen atoms in total. The molecular formula is C16H14Cl3NOS. The van der Waals surface area contributed by atoms with Crippen LogP contribution in [0.25, 0.3) is 0 Å². The summed E-state index contributed by atoms with van der Waals surface area (Å²) in [6.45, 7) is 1.97. The van der Waals surface area contributed by atoms with E-state index in [4.69, 9.17) is 34.8 Å². The van der Waals surface area contributed by atoms with E-state index in [1.54, 1.807) is 18.2 Å². The van der Waals surface area contributed by atoms with Crippen LogP contribution in [-0.2, 0) is 4.79 Å². The summed E-state index contributed by atoms with van der Waals surface area (Å²) in [5, 5.41) is 4.29. The van der Waals surface area contributed by atoms with E-state index in [1.807, 2.05) is 31.2 Å². The average Bonchev–Trinajstić information content (AvgIpc) is 2.45. The number of rotatable bonds is 5. The SMILES string of the molecule is CCC(Sc1ccc(Cl)cc1)C(=O)Nc1cc(Cl)cc(Cl)c1. The van der Waals surface area contributed by atoms with Gasteiger partial charge in [0.2, 0.25) is 5.91 Å². The molecule has 0 saturated carbocycles. The fourth-order valence-electron chi connectivity index (χ4n) is 1.85. The van der Waals surface area contributed by atoms with E-state index in [0.29, 0.717) is 27.2 Å². The van der Waals surface area contributed by atoms with Gasteiger partial charge in [0.15, 0.2) is 0 Å². The van der Waals surface area contributed by atoms with E-state index in [-0.39, 0.29) is 11.2 Å². The fourth-order valence-corrected chi connectivity index (χ4v) is 3.45. The van der Waals surface area contributed by atoms with Crippen molar-refractivity contribution in [3.05, 3.63) is 57.5 Å². The third-order valence-electron chi connectivity index (χ3n) is 2.89. The number of anilines is 1. The molecule has 0 aliphatic carbocycles. The molecule has 0 saturated heterocycles. The molecule has 116 valence electrons. The largest absolute Gasteiger partial charge is 0.325 e. The highest BCUT2D eigenvalue weighted by molar-refractivity contribution is 8.00. The Morgan fingerprint density at radius 2 is 1.64 bits per heavy atom. The minimum Gasteiger partial charge on any atom is -0.325 e. The number of hydrogen-bond acceptors (Lipinski definition) is 2. The number of amides is 1. The molecule has 0 aliphatic heterocycles. The van der Waals surface area contributed by atoms with Crippen LogP contribution in [0.3, 0.4) is 0 Å². The van der Waals surface area contributed by atoms with Crippen molar-refractivity contribution < 1.29 is 4.79 Å². The molecule has 1 amide bonds. The predicted molar refractivity (Wildman–Crippen MR) is 96.5 cm³/mol. The second-order valence-corrected chi connectivity index (χ2v) is 7.20. The summed E-state index contributed by atoms with van der Waals surface area (Å²) in [7, 11) is 0. The summed E-state index contributed by atoms with van der Waals surface area (Å²) in [6.07, 6.45) is 0.702. The highest BCUT2D eigenvalue weighted by Gasteiger charge is 2.18. The Balaban J connectivity index is 2.06. The number of carbonyl (C=O) groups is 1. The van der Waals surface area contributed by atoms with Crippen molar-refractivity contribution in [3.63, 3.8) is 0 Å². The van der Waals surface area contributed by atoms with Crippen molar-refractivity contribution in [1.82, 2.24) is 0 Å². The van der Waals surface area contributed by atoms with Crippen LogP contribution in [0.2, 0.25) is 15.1 Å². The van der Waals surface area contributed by atoms with Crippen molar-refractivity contribution >= 4 is 58.2 Å². The van der Waals surface area contributed by atoms with Gasteiger partial charge in [-0.2, -0.15) is 0 Å².